The highest BCUT2D eigenvalue weighted by Gasteiger charge is 2.13. The zero-order valence-electron chi connectivity index (χ0n) is 8.45. The molecule has 76 valence electrons. The predicted molar refractivity (Wildman–Crippen MR) is 55.0 cm³/mol. The molecule has 0 unspecified atom stereocenters. The summed E-state index contributed by atoms with van der Waals surface area (Å²) in [4.78, 5) is 0. The molecule has 3 rings (SSSR count). The fourth-order valence-corrected chi connectivity index (χ4v) is 1.84. The Balaban J connectivity index is 2.06. The van der Waals surface area contributed by atoms with E-state index in [1.54, 1.807) is 6.92 Å². The van der Waals surface area contributed by atoms with Gasteiger partial charge in [0.2, 0.25) is 11.8 Å². The van der Waals surface area contributed by atoms with Gasteiger partial charge in [-0.25, -0.2) is 0 Å². The molecule has 1 aliphatic rings. The number of fused-ring (bicyclic) bond motifs is 1. The van der Waals surface area contributed by atoms with Crippen LogP contribution in [0.5, 0.6) is 0 Å². The molecule has 15 heavy (non-hydrogen) atoms. The molecule has 4 nitrogen and oxygen atoms in total. The highest BCUT2D eigenvalue weighted by molar-refractivity contribution is 5.56. The first-order chi connectivity index (χ1) is 7.33. The normalized spacial score (nSPS) is 14.2. The second-order valence-corrected chi connectivity index (χ2v) is 3.71. The van der Waals surface area contributed by atoms with Gasteiger partial charge in [-0.2, -0.15) is 0 Å². The van der Waals surface area contributed by atoms with E-state index < -0.39 is 0 Å². The first kappa shape index (κ1) is 8.61. The van der Waals surface area contributed by atoms with Crippen molar-refractivity contribution in [3.8, 4) is 11.5 Å². The second-order valence-electron chi connectivity index (χ2n) is 3.71. The third-order valence-electron chi connectivity index (χ3n) is 2.61. The summed E-state index contributed by atoms with van der Waals surface area (Å²) in [5, 5.41) is 11.1. The maximum absolute atomic E-state index is 5.39. The van der Waals surface area contributed by atoms with Crippen LogP contribution < -0.4 is 5.32 Å². The van der Waals surface area contributed by atoms with E-state index in [0.717, 1.165) is 18.7 Å². The van der Waals surface area contributed by atoms with Crippen LogP contribution in [-0.4, -0.2) is 10.2 Å². The highest BCUT2D eigenvalue weighted by atomic mass is 16.4. The maximum Gasteiger partial charge on any atom is 0.247 e. The third kappa shape index (κ3) is 1.43. The van der Waals surface area contributed by atoms with E-state index in [2.05, 4.69) is 27.6 Å². The molecule has 0 fully saturated rings. The molecule has 2 aromatic rings. The lowest BCUT2D eigenvalue weighted by Crippen LogP contribution is -1.99. The quantitative estimate of drug-likeness (QED) is 0.762. The Hall–Kier alpha value is -1.68. The smallest absolute Gasteiger partial charge is 0.247 e. The van der Waals surface area contributed by atoms with Gasteiger partial charge < -0.3 is 9.73 Å². The van der Waals surface area contributed by atoms with Gasteiger partial charge in [0.25, 0.3) is 0 Å². The Kier molecular flexibility index (Phi) is 1.82. The first-order valence-electron chi connectivity index (χ1n) is 4.96. The van der Waals surface area contributed by atoms with Gasteiger partial charge in [0, 0.05) is 25.6 Å². The van der Waals surface area contributed by atoms with E-state index in [4.69, 9.17) is 4.42 Å². The zero-order chi connectivity index (χ0) is 10.3. The number of aromatic nitrogens is 2. The van der Waals surface area contributed by atoms with Gasteiger partial charge in [-0.05, 0) is 23.3 Å². The van der Waals surface area contributed by atoms with Crippen LogP contribution in [0.2, 0.25) is 0 Å². The van der Waals surface area contributed by atoms with Gasteiger partial charge in [-0.3, -0.25) is 0 Å². The number of rotatable bonds is 1. The molecule has 0 atom stereocenters. The molecule has 0 amide bonds. The predicted octanol–water partition coefficient (Wildman–Crippen LogP) is 1.65. The third-order valence-corrected chi connectivity index (χ3v) is 2.61. The molecule has 0 saturated carbocycles. The summed E-state index contributed by atoms with van der Waals surface area (Å²) in [5.74, 6) is 1.20. The van der Waals surface area contributed by atoms with Crippen molar-refractivity contribution in [2.75, 3.05) is 0 Å². The molecule has 1 aromatic heterocycles. The number of benzene rings is 1. The molecule has 1 aromatic carbocycles. The van der Waals surface area contributed by atoms with E-state index in [9.17, 15) is 0 Å². The summed E-state index contributed by atoms with van der Waals surface area (Å²) < 4.78 is 5.39. The zero-order valence-corrected chi connectivity index (χ0v) is 8.45. The van der Waals surface area contributed by atoms with Crippen molar-refractivity contribution in [2.45, 2.75) is 20.0 Å². The molecule has 0 saturated heterocycles. The summed E-state index contributed by atoms with van der Waals surface area (Å²) in [6.07, 6.45) is 0. The Bertz CT molecular complexity index is 504. The van der Waals surface area contributed by atoms with E-state index in [1.165, 1.54) is 11.1 Å². The van der Waals surface area contributed by atoms with Gasteiger partial charge in [0.05, 0.1) is 0 Å². The maximum atomic E-state index is 5.39. The topological polar surface area (TPSA) is 51.0 Å². The summed E-state index contributed by atoms with van der Waals surface area (Å²) in [7, 11) is 0. The van der Waals surface area contributed by atoms with Crippen LogP contribution in [0.1, 0.15) is 17.0 Å². The lowest BCUT2D eigenvalue weighted by atomic mass is 10.1. The minimum Gasteiger partial charge on any atom is -0.421 e. The molecule has 0 bridgehead atoms. The minimum atomic E-state index is 0.599. The van der Waals surface area contributed by atoms with Crippen molar-refractivity contribution in [3.63, 3.8) is 0 Å². The molecule has 0 aliphatic carbocycles. The fourth-order valence-electron chi connectivity index (χ4n) is 1.84. The molecular formula is C11H11N3O. The van der Waals surface area contributed by atoms with Gasteiger partial charge in [0.15, 0.2) is 0 Å². The number of hydrogen-bond acceptors (Lipinski definition) is 4. The van der Waals surface area contributed by atoms with E-state index in [1.807, 2.05) is 6.07 Å². The van der Waals surface area contributed by atoms with E-state index in [-0.39, 0.29) is 0 Å². The molecule has 4 heteroatoms. The Morgan fingerprint density at radius 3 is 2.87 bits per heavy atom. The van der Waals surface area contributed by atoms with Crippen LogP contribution in [-0.2, 0) is 13.1 Å². The molecule has 1 N–H and O–H groups in total. The Morgan fingerprint density at radius 1 is 1.20 bits per heavy atom. The van der Waals surface area contributed by atoms with Crippen molar-refractivity contribution in [3.05, 3.63) is 35.2 Å². The Morgan fingerprint density at radius 2 is 2.07 bits per heavy atom. The van der Waals surface area contributed by atoms with Gasteiger partial charge in [-0.1, -0.05) is 6.07 Å². The number of nitrogens with zero attached hydrogens (tertiary/aromatic N) is 2. The van der Waals surface area contributed by atoms with Crippen LogP contribution in [0.3, 0.4) is 0 Å². The van der Waals surface area contributed by atoms with Gasteiger partial charge in [-0.15, -0.1) is 10.2 Å². The molecule has 1 aliphatic heterocycles. The van der Waals surface area contributed by atoms with E-state index in [0.29, 0.717) is 11.8 Å². The average molecular weight is 201 g/mol. The van der Waals surface area contributed by atoms with Crippen LogP contribution in [0.4, 0.5) is 0 Å². The fraction of sp³-hybridized carbons (Fsp3) is 0.273. The second kappa shape index (κ2) is 3.17. The van der Waals surface area contributed by atoms with Crippen molar-refractivity contribution in [1.29, 1.82) is 0 Å². The lowest BCUT2D eigenvalue weighted by molar-refractivity contribution is 0.532. The summed E-state index contributed by atoms with van der Waals surface area (Å²) in [6.45, 7) is 3.68. The van der Waals surface area contributed by atoms with Gasteiger partial charge in [0.1, 0.15) is 0 Å². The standard InChI is InChI=1S/C11H11N3O/c1-7-13-14-11(15-7)8-2-3-9-5-12-6-10(9)4-8/h2-4,12H,5-6H2,1H3. The minimum absolute atomic E-state index is 0.599. The van der Waals surface area contributed by atoms with Crippen LogP contribution in [0.25, 0.3) is 11.5 Å². The molecule has 0 spiro atoms. The molecular weight excluding hydrogens is 190 g/mol. The summed E-state index contributed by atoms with van der Waals surface area (Å²) >= 11 is 0. The van der Waals surface area contributed by atoms with Crippen molar-refractivity contribution < 1.29 is 4.42 Å². The van der Waals surface area contributed by atoms with Crippen LogP contribution in [0.15, 0.2) is 22.6 Å². The van der Waals surface area contributed by atoms with Gasteiger partial charge >= 0.3 is 0 Å². The highest BCUT2D eigenvalue weighted by Crippen LogP contribution is 2.23. The first-order valence-corrected chi connectivity index (χ1v) is 4.96. The number of nitrogens with one attached hydrogen (secondary N) is 1. The van der Waals surface area contributed by atoms with E-state index >= 15 is 0 Å². The lowest BCUT2D eigenvalue weighted by Gasteiger charge is -1.99. The monoisotopic (exact) mass is 201 g/mol. The SMILES string of the molecule is Cc1nnc(-c2ccc3c(c2)CNC3)o1. The van der Waals surface area contributed by atoms with Crippen molar-refractivity contribution in [1.82, 2.24) is 15.5 Å². The van der Waals surface area contributed by atoms with Crippen molar-refractivity contribution in [2.24, 2.45) is 0 Å². The van der Waals surface area contributed by atoms with Crippen molar-refractivity contribution >= 4 is 0 Å². The summed E-state index contributed by atoms with van der Waals surface area (Å²) in [6, 6.07) is 6.26. The number of hydrogen-bond donors (Lipinski definition) is 1. The van der Waals surface area contributed by atoms with Crippen LogP contribution >= 0.6 is 0 Å². The molecule has 0 radical (unpaired) electrons. The Labute approximate surface area is 87.3 Å². The average Bonchev–Trinajstić information content (AvgIpc) is 2.84. The van der Waals surface area contributed by atoms with Crippen LogP contribution in [0, 0.1) is 6.92 Å². The molecule has 2 heterocycles. The number of aryl methyl sites for hydroxylation is 1. The largest absolute Gasteiger partial charge is 0.421 e. The summed E-state index contributed by atoms with van der Waals surface area (Å²) in [5.41, 5.74) is 3.68.